The van der Waals surface area contributed by atoms with E-state index in [1.165, 1.54) is 18.4 Å². The molecule has 0 bridgehead atoms. The van der Waals surface area contributed by atoms with E-state index in [2.05, 4.69) is 48.4 Å². The minimum absolute atomic E-state index is 0.346. The molecule has 0 radical (unpaired) electrons. The van der Waals surface area contributed by atoms with Gasteiger partial charge in [-0.05, 0) is 44.7 Å². The van der Waals surface area contributed by atoms with Crippen LogP contribution in [-0.4, -0.2) is 28.4 Å². The minimum Gasteiger partial charge on any atom is -0.490 e. The summed E-state index contributed by atoms with van der Waals surface area (Å²) in [6.07, 6.45) is 6.89. The van der Waals surface area contributed by atoms with Gasteiger partial charge in [0.2, 0.25) is 0 Å². The van der Waals surface area contributed by atoms with Crippen molar-refractivity contribution in [3.63, 3.8) is 0 Å². The SMILES string of the molecule is Cc1c(OC2CCC(NC(C)C)CC2)ccc2[nH]ncc12. The summed E-state index contributed by atoms with van der Waals surface area (Å²) in [5.74, 6) is 1.00. The van der Waals surface area contributed by atoms with Crippen LogP contribution in [-0.2, 0) is 0 Å². The standard InChI is InChI=1S/C17H25N3O/c1-11(2)19-13-4-6-14(7-5-13)21-17-9-8-16-15(12(17)3)10-18-20-16/h8-11,13-14,19H,4-7H2,1-3H3,(H,18,20). The molecule has 0 spiro atoms. The lowest BCUT2D eigenvalue weighted by Crippen LogP contribution is -2.39. The van der Waals surface area contributed by atoms with Gasteiger partial charge in [0.05, 0.1) is 17.8 Å². The highest BCUT2D eigenvalue weighted by molar-refractivity contribution is 5.83. The van der Waals surface area contributed by atoms with Crippen LogP contribution in [0.3, 0.4) is 0 Å². The van der Waals surface area contributed by atoms with E-state index in [9.17, 15) is 0 Å². The molecule has 21 heavy (non-hydrogen) atoms. The Bertz CT molecular complexity index is 597. The summed E-state index contributed by atoms with van der Waals surface area (Å²) in [5.41, 5.74) is 2.26. The highest BCUT2D eigenvalue weighted by Crippen LogP contribution is 2.30. The molecule has 0 saturated heterocycles. The first-order valence-electron chi connectivity index (χ1n) is 7.99. The molecule has 1 aromatic heterocycles. The molecule has 1 aromatic carbocycles. The van der Waals surface area contributed by atoms with Gasteiger partial charge in [0, 0.05) is 23.0 Å². The molecule has 1 aliphatic carbocycles. The zero-order chi connectivity index (χ0) is 14.8. The van der Waals surface area contributed by atoms with Crippen LogP contribution in [0.25, 0.3) is 10.9 Å². The third-order valence-corrected chi connectivity index (χ3v) is 4.38. The maximum atomic E-state index is 6.25. The lowest BCUT2D eigenvalue weighted by atomic mass is 9.92. The Morgan fingerprint density at radius 3 is 2.71 bits per heavy atom. The molecule has 0 amide bonds. The monoisotopic (exact) mass is 287 g/mol. The van der Waals surface area contributed by atoms with Crippen molar-refractivity contribution in [2.75, 3.05) is 0 Å². The molecule has 2 N–H and O–H groups in total. The maximum Gasteiger partial charge on any atom is 0.123 e. The quantitative estimate of drug-likeness (QED) is 0.904. The van der Waals surface area contributed by atoms with Crippen molar-refractivity contribution in [1.82, 2.24) is 15.5 Å². The highest BCUT2D eigenvalue weighted by atomic mass is 16.5. The number of aryl methyl sites for hydroxylation is 1. The molecule has 0 aliphatic heterocycles. The molecule has 114 valence electrons. The van der Waals surface area contributed by atoms with E-state index in [4.69, 9.17) is 4.74 Å². The summed E-state index contributed by atoms with van der Waals surface area (Å²) in [4.78, 5) is 0. The summed E-state index contributed by atoms with van der Waals surface area (Å²) in [5, 5.41) is 11.9. The van der Waals surface area contributed by atoms with Crippen LogP contribution in [0.15, 0.2) is 18.3 Å². The molecule has 4 heteroatoms. The van der Waals surface area contributed by atoms with Crippen LogP contribution >= 0.6 is 0 Å². The van der Waals surface area contributed by atoms with Crippen molar-refractivity contribution in [2.45, 2.75) is 64.6 Å². The van der Waals surface area contributed by atoms with Gasteiger partial charge in [-0.1, -0.05) is 13.8 Å². The first-order chi connectivity index (χ1) is 10.1. The van der Waals surface area contributed by atoms with E-state index in [0.29, 0.717) is 18.2 Å². The zero-order valence-corrected chi connectivity index (χ0v) is 13.1. The third-order valence-electron chi connectivity index (χ3n) is 4.38. The van der Waals surface area contributed by atoms with Crippen molar-refractivity contribution < 1.29 is 4.74 Å². The summed E-state index contributed by atoms with van der Waals surface area (Å²) in [6, 6.07) is 5.34. The topological polar surface area (TPSA) is 49.9 Å². The maximum absolute atomic E-state index is 6.25. The van der Waals surface area contributed by atoms with Gasteiger partial charge in [0.15, 0.2) is 0 Å². The Morgan fingerprint density at radius 2 is 2.00 bits per heavy atom. The lowest BCUT2D eigenvalue weighted by Gasteiger charge is -2.31. The molecule has 1 fully saturated rings. The van der Waals surface area contributed by atoms with Crippen LogP contribution in [0.2, 0.25) is 0 Å². The van der Waals surface area contributed by atoms with Crippen molar-refractivity contribution in [3.8, 4) is 5.75 Å². The largest absolute Gasteiger partial charge is 0.490 e. The Morgan fingerprint density at radius 1 is 1.24 bits per heavy atom. The average Bonchev–Trinajstić information content (AvgIpc) is 2.93. The number of nitrogens with one attached hydrogen (secondary N) is 2. The Balaban J connectivity index is 1.63. The van der Waals surface area contributed by atoms with Crippen LogP contribution < -0.4 is 10.1 Å². The number of ether oxygens (including phenoxy) is 1. The Labute approximate surface area is 126 Å². The number of fused-ring (bicyclic) bond motifs is 1. The van der Waals surface area contributed by atoms with Crippen molar-refractivity contribution >= 4 is 10.9 Å². The van der Waals surface area contributed by atoms with Crippen molar-refractivity contribution in [3.05, 3.63) is 23.9 Å². The van der Waals surface area contributed by atoms with Gasteiger partial charge in [-0.25, -0.2) is 0 Å². The second kappa shape index (κ2) is 6.06. The normalized spacial score (nSPS) is 22.9. The number of benzene rings is 1. The molecule has 1 aliphatic rings. The first-order valence-corrected chi connectivity index (χ1v) is 7.99. The minimum atomic E-state index is 0.346. The number of nitrogens with zero attached hydrogens (tertiary/aromatic N) is 1. The van der Waals surface area contributed by atoms with Gasteiger partial charge < -0.3 is 10.1 Å². The summed E-state index contributed by atoms with van der Waals surface area (Å²) in [7, 11) is 0. The third kappa shape index (κ3) is 3.21. The van der Waals surface area contributed by atoms with E-state index < -0.39 is 0 Å². The van der Waals surface area contributed by atoms with Crippen LogP contribution in [0.1, 0.15) is 45.1 Å². The van der Waals surface area contributed by atoms with E-state index in [1.807, 2.05) is 6.20 Å². The molecule has 2 aromatic rings. The number of aromatic nitrogens is 2. The molecule has 3 rings (SSSR count). The molecule has 1 saturated carbocycles. The van der Waals surface area contributed by atoms with E-state index in [0.717, 1.165) is 29.5 Å². The van der Waals surface area contributed by atoms with Crippen molar-refractivity contribution in [2.24, 2.45) is 0 Å². The fourth-order valence-corrected chi connectivity index (χ4v) is 3.26. The summed E-state index contributed by atoms with van der Waals surface area (Å²) < 4.78 is 6.25. The smallest absolute Gasteiger partial charge is 0.123 e. The predicted molar refractivity (Wildman–Crippen MR) is 85.8 cm³/mol. The van der Waals surface area contributed by atoms with Gasteiger partial charge in [-0.3, -0.25) is 5.10 Å². The van der Waals surface area contributed by atoms with Crippen LogP contribution in [0, 0.1) is 6.92 Å². The summed E-state index contributed by atoms with van der Waals surface area (Å²) in [6.45, 7) is 6.54. The predicted octanol–water partition coefficient (Wildman–Crippen LogP) is 3.56. The second-order valence-corrected chi connectivity index (χ2v) is 6.43. The van der Waals surface area contributed by atoms with Gasteiger partial charge in [-0.15, -0.1) is 0 Å². The lowest BCUT2D eigenvalue weighted by molar-refractivity contribution is 0.137. The summed E-state index contributed by atoms with van der Waals surface area (Å²) >= 11 is 0. The van der Waals surface area contributed by atoms with E-state index in [-0.39, 0.29) is 0 Å². The van der Waals surface area contributed by atoms with Crippen LogP contribution in [0.5, 0.6) is 5.75 Å². The second-order valence-electron chi connectivity index (χ2n) is 6.43. The van der Waals surface area contributed by atoms with E-state index >= 15 is 0 Å². The first kappa shape index (κ1) is 14.4. The Hall–Kier alpha value is -1.55. The molecule has 0 unspecified atom stereocenters. The van der Waals surface area contributed by atoms with Gasteiger partial charge in [0.1, 0.15) is 5.75 Å². The molecular weight excluding hydrogens is 262 g/mol. The Kier molecular flexibility index (Phi) is 4.15. The molecule has 1 heterocycles. The number of H-pyrrole nitrogens is 1. The molecular formula is C17H25N3O. The van der Waals surface area contributed by atoms with Gasteiger partial charge in [-0.2, -0.15) is 5.10 Å². The number of hydrogen-bond acceptors (Lipinski definition) is 3. The average molecular weight is 287 g/mol. The van der Waals surface area contributed by atoms with Gasteiger partial charge in [0.25, 0.3) is 0 Å². The van der Waals surface area contributed by atoms with Crippen molar-refractivity contribution in [1.29, 1.82) is 0 Å². The molecule has 0 atom stereocenters. The van der Waals surface area contributed by atoms with Gasteiger partial charge >= 0.3 is 0 Å². The molecule has 4 nitrogen and oxygen atoms in total. The zero-order valence-electron chi connectivity index (χ0n) is 13.1. The number of aromatic amines is 1. The van der Waals surface area contributed by atoms with E-state index in [1.54, 1.807) is 0 Å². The number of hydrogen-bond donors (Lipinski definition) is 2. The fraction of sp³-hybridized carbons (Fsp3) is 0.588. The highest BCUT2D eigenvalue weighted by Gasteiger charge is 2.23. The number of rotatable bonds is 4. The fourth-order valence-electron chi connectivity index (χ4n) is 3.26. The van der Waals surface area contributed by atoms with Crippen LogP contribution in [0.4, 0.5) is 0 Å².